The summed E-state index contributed by atoms with van der Waals surface area (Å²) in [4.78, 5) is 23.8. The molecular formula is C18H27NO4. The van der Waals surface area contributed by atoms with Gasteiger partial charge in [0.2, 0.25) is 5.91 Å². The maximum absolute atomic E-state index is 12.0. The number of aliphatic hydroxyl groups is 1. The van der Waals surface area contributed by atoms with Gasteiger partial charge in [-0.2, -0.15) is 0 Å². The van der Waals surface area contributed by atoms with Crippen molar-refractivity contribution >= 4 is 11.9 Å². The summed E-state index contributed by atoms with van der Waals surface area (Å²) < 4.78 is 4.74. The van der Waals surface area contributed by atoms with Crippen LogP contribution in [0.1, 0.15) is 38.7 Å². The van der Waals surface area contributed by atoms with Gasteiger partial charge < -0.3 is 15.2 Å². The van der Waals surface area contributed by atoms with Gasteiger partial charge in [-0.1, -0.05) is 44.2 Å². The van der Waals surface area contributed by atoms with Crippen LogP contribution in [-0.4, -0.2) is 36.2 Å². The van der Waals surface area contributed by atoms with Crippen LogP contribution in [0.4, 0.5) is 0 Å². The second-order valence-corrected chi connectivity index (χ2v) is 6.11. The van der Waals surface area contributed by atoms with E-state index in [1.807, 2.05) is 44.2 Å². The molecular weight excluding hydrogens is 294 g/mol. The minimum absolute atomic E-state index is 0.199. The Kier molecular flexibility index (Phi) is 8.33. The van der Waals surface area contributed by atoms with Crippen molar-refractivity contribution < 1.29 is 19.4 Å². The fourth-order valence-corrected chi connectivity index (χ4v) is 2.37. The van der Waals surface area contributed by atoms with Gasteiger partial charge in [-0.25, -0.2) is 4.79 Å². The fourth-order valence-electron chi connectivity index (χ4n) is 2.37. The van der Waals surface area contributed by atoms with Crippen LogP contribution in [0.3, 0.4) is 0 Å². The first-order chi connectivity index (χ1) is 10.9. The van der Waals surface area contributed by atoms with E-state index in [2.05, 4.69) is 5.32 Å². The van der Waals surface area contributed by atoms with Crippen LogP contribution in [0.2, 0.25) is 0 Å². The van der Waals surface area contributed by atoms with Crippen LogP contribution in [0.25, 0.3) is 0 Å². The molecule has 23 heavy (non-hydrogen) atoms. The molecule has 0 unspecified atom stereocenters. The van der Waals surface area contributed by atoms with Crippen molar-refractivity contribution in [2.75, 3.05) is 7.11 Å². The standard InChI is InChI=1S/C18H27NO4/c1-13(2)12-16(20)17(21)19-15(18(22)23-3)11-7-10-14-8-5-4-6-9-14/h4-6,8-9,13,15-16,20H,7,10-12H2,1-3H3,(H,19,21)/t15-,16+/m1/s1. The van der Waals surface area contributed by atoms with Crippen molar-refractivity contribution in [3.63, 3.8) is 0 Å². The normalized spacial score (nSPS) is 13.4. The Labute approximate surface area is 138 Å². The number of esters is 1. The number of aryl methyl sites for hydroxylation is 1. The predicted octanol–water partition coefficient (Wildman–Crippen LogP) is 2.07. The molecule has 1 rings (SSSR count). The van der Waals surface area contributed by atoms with Crippen LogP contribution in [0, 0.1) is 5.92 Å². The smallest absolute Gasteiger partial charge is 0.328 e. The predicted molar refractivity (Wildman–Crippen MR) is 88.8 cm³/mol. The molecule has 1 amide bonds. The number of amides is 1. The highest BCUT2D eigenvalue weighted by Gasteiger charge is 2.25. The summed E-state index contributed by atoms with van der Waals surface area (Å²) in [5, 5.41) is 12.4. The number of benzene rings is 1. The zero-order valence-corrected chi connectivity index (χ0v) is 14.1. The van der Waals surface area contributed by atoms with Crippen molar-refractivity contribution in [1.29, 1.82) is 0 Å². The Balaban J connectivity index is 2.52. The number of carbonyl (C=O) groups is 2. The van der Waals surface area contributed by atoms with E-state index in [0.717, 1.165) is 12.8 Å². The van der Waals surface area contributed by atoms with Crippen LogP contribution >= 0.6 is 0 Å². The summed E-state index contributed by atoms with van der Waals surface area (Å²) in [6, 6.07) is 9.22. The maximum atomic E-state index is 12.0. The molecule has 5 nitrogen and oxygen atoms in total. The van der Waals surface area contributed by atoms with E-state index in [1.54, 1.807) is 0 Å². The molecule has 5 heteroatoms. The van der Waals surface area contributed by atoms with Crippen molar-refractivity contribution in [3.8, 4) is 0 Å². The van der Waals surface area contributed by atoms with Crippen molar-refractivity contribution in [1.82, 2.24) is 5.32 Å². The summed E-state index contributed by atoms with van der Waals surface area (Å²) in [7, 11) is 1.29. The first-order valence-electron chi connectivity index (χ1n) is 8.04. The number of aliphatic hydroxyl groups excluding tert-OH is 1. The van der Waals surface area contributed by atoms with Gasteiger partial charge in [-0.3, -0.25) is 4.79 Å². The molecule has 0 radical (unpaired) electrons. The first kappa shape index (κ1) is 19.2. The van der Waals surface area contributed by atoms with Crippen LogP contribution in [-0.2, 0) is 20.7 Å². The first-order valence-corrected chi connectivity index (χ1v) is 8.04. The third kappa shape index (κ3) is 7.28. The van der Waals surface area contributed by atoms with Crippen LogP contribution in [0.15, 0.2) is 30.3 Å². The lowest BCUT2D eigenvalue weighted by atomic mass is 10.0. The van der Waals surface area contributed by atoms with E-state index < -0.39 is 24.0 Å². The summed E-state index contributed by atoms with van der Waals surface area (Å²) in [6.45, 7) is 3.85. The average Bonchev–Trinajstić information content (AvgIpc) is 2.53. The molecule has 0 fully saturated rings. The maximum Gasteiger partial charge on any atom is 0.328 e. The van der Waals surface area contributed by atoms with Gasteiger partial charge in [0.15, 0.2) is 0 Å². The molecule has 2 atom stereocenters. The molecule has 0 aliphatic rings. The van der Waals surface area contributed by atoms with Gasteiger partial charge in [0.25, 0.3) is 0 Å². The molecule has 2 N–H and O–H groups in total. The number of hydrogen-bond acceptors (Lipinski definition) is 4. The van der Waals surface area contributed by atoms with Gasteiger partial charge in [0.1, 0.15) is 12.1 Å². The number of methoxy groups -OCH3 is 1. The van der Waals surface area contributed by atoms with Crippen LogP contribution in [0.5, 0.6) is 0 Å². The third-order valence-electron chi connectivity index (χ3n) is 3.60. The quantitative estimate of drug-likeness (QED) is 0.683. The largest absolute Gasteiger partial charge is 0.467 e. The van der Waals surface area contributed by atoms with Crippen molar-refractivity contribution in [3.05, 3.63) is 35.9 Å². The fraction of sp³-hybridized carbons (Fsp3) is 0.556. The average molecular weight is 321 g/mol. The van der Waals surface area contributed by atoms with E-state index in [0.29, 0.717) is 12.8 Å². The van der Waals surface area contributed by atoms with Gasteiger partial charge in [0.05, 0.1) is 7.11 Å². The highest BCUT2D eigenvalue weighted by atomic mass is 16.5. The van der Waals surface area contributed by atoms with Crippen LogP contribution < -0.4 is 5.32 Å². The van der Waals surface area contributed by atoms with E-state index in [-0.39, 0.29) is 5.92 Å². The second kappa shape index (κ2) is 10.0. The third-order valence-corrected chi connectivity index (χ3v) is 3.60. The van der Waals surface area contributed by atoms with E-state index in [1.165, 1.54) is 12.7 Å². The molecule has 1 aromatic carbocycles. The van der Waals surface area contributed by atoms with Gasteiger partial charge >= 0.3 is 5.97 Å². The molecule has 0 saturated carbocycles. The highest BCUT2D eigenvalue weighted by molar-refractivity contribution is 5.86. The zero-order chi connectivity index (χ0) is 17.2. The van der Waals surface area contributed by atoms with Crippen molar-refractivity contribution in [2.45, 2.75) is 51.7 Å². The minimum atomic E-state index is -1.10. The molecule has 1 aromatic rings. The Bertz CT molecular complexity index is 487. The number of carbonyl (C=O) groups excluding carboxylic acids is 2. The molecule has 0 aliphatic carbocycles. The van der Waals surface area contributed by atoms with Gasteiger partial charge in [0, 0.05) is 0 Å². The zero-order valence-electron chi connectivity index (χ0n) is 14.1. The number of nitrogens with one attached hydrogen (secondary N) is 1. The second-order valence-electron chi connectivity index (χ2n) is 6.11. The topological polar surface area (TPSA) is 75.6 Å². The molecule has 0 spiro atoms. The molecule has 0 aliphatic heterocycles. The Morgan fingerprint density at radius 2 is 1.87 bits per heavy atom. The van der Waals surface area contributed by atoms with E-state index in [9.17, 15) is 14.7 Å². The Morgan fingerprint density at radius 1 is 1.22 bits per heavy atom. The monoisotopic (exact) mass is 321 g/mol. The van der Waals surface area contributed by atoms with Crippen molar-refractivity contribution in [2.24, 2.45) is 5.92 Å². The van der Waals surface area contributed by atoms with Gasteiger partial charge in [-0.05, 0) is 37.2 Å². The Hall–Kier alpha value is -1.88. The molecule has 0 aromatic heterocycles. The molecule has 128 valence electrons. The number of hydrogen-bond donors (Lipinski definition) is 2. The number of ether oxygens (including phenoxy) is 1. The van der Waals surface area contributed by atoms with Gasteiger partial charge in [-0.15, -0.1) is 0 Å². The lowest BCUT2D eigenvalue weighted by Crippen LogP contribution is -2.46. The summed E-state index contributed by atoms with van der Waals surface area (Å²) >= 11 is 0. The minimum Gasteiger partial charge on any atom is -0.467 e. The summed E-state index contributed by atoms with van der Waals surface area (Å²) in [5.41, 5.74) is 1.18. The Morgan fingerprint density at radius 3 is 2.43 bits per heavy atom. The SMILES string of the molecule is COC(=O)[C@@H](CCCc1ccccc1)NC(=O)[C@@H](O)CC(C)C. The molecule has 0 saturated heterocycles. The summed E-state index contributed by atoms with van der Waals surface area (Å²) in [6.07, 6.45) is 1.30. The lowest BCUT2D eigenvalue weighted by molar-refractivity contribution is -0.146. The van der Waals surface area contributed by atoms with E-state index in [4.69, 9.17) is 4.74 Å². The highest BCUT2D eigenvalue weighted by Crippen LogP contribution is 2.09. The molecule has 0 bridgehead atoms. The number of rotatable bonds is 9. The lowest BCUT2D eigenvalue weighted by Gasteiger charge is -2.19. The molecule has 0 heterocycles. The summed E-state index contributed by atoms with van der Waals surface area (Å²) in [5.74, 6) is -0.803. The van der Waals surface area contributed by atoms with E-state index >= 15 is 0 Å².